The summed E-state index contributed by atoms with van der Waals surface area (Å²) in [4.78, 5) is 3.73. The summed E-state index contributed by atoms with van der Waals surface area (Å²) in [6.07, 6.45) is 7.74. The molecule has 0 spiro atoms. The molecular formula is C30H22O4S2. The summed E-state index contributed by atoms with van der Waals surface area (Å²) in [6.45, 7) is 0.888. The molecule has 0 aromatic heterocycles. The SMILES string of the molecule is Oc1cc(Sc2ccccc2)c2c(c1-c1c(O)cc(Sc3ccccc3)c3c1C=CCO3)C=CCO2. The lowest BCUT2D eigenvalue weighted by Crippen LogP contribution is -2.06. The fourth-order valence-electron chi connectivity index (χ4n) is 4.41. The molecule has 0 bridgehead atoms. The van der Waals surface area contributed by atoms with E-state index in [1.165, 1.54) is 23.5 Å². The predicted octanol–water partition coefficient (Wildman–Crippen LogP) is 7.88. The molecule has 2 N–H and O–H groups in total. The van der Waals surface area contributed by atoms with Crippen LogP contribution in [0.25, 0.3) is 23.3 Å². The van der Waals surface area contributed by atoms with Crippen LogP contribution < -0.4 is 9.47 Å². The molecule has 6 rings (SSSR count). The van der Waals surface area contributed by atoms with Crippen LogP contribution in [-0.4, -0.2) is 23.4 Å². The molecule has 36 heavy (non-hydrogen) atoms. The van der Waals surface area contributed by atoms with Gasteiger partial charge in [0, 0.05) is 32.0 Å². The van der Waals surface area contributed by atoms with E-state index in [4.69, 9.17) is 9.47 Å². The fraction of sp³-hybridized carbons (Fsp3) is 0.0667. The van der Waals surface area contributed by atoms with E-state index in [0.717, 1.165) is 30.7 Å². The third-order valence-corrected chi connectivity index (χ3v) is 7.99. The second-order valence-electron chi connectivity index (χ2n) is 8.28. The van der Waals surface area contributed by atoms with Gasteiger partial charge in [-0.15, -0.1) is 0 Å². The van der Waals surface area contributed by atoms with E-state index in [0.29, 0.717) is 35.8 Å². The van der Waals surface area contributed by atoms with Crippen LogP contribution in [0.2, 0.25) is 0 Å². The van der Waals surface area contributed by atoms with Crippen molar-refractivity contribution < 1.29 is 19.7 Å². The van der Waals surface area contributed by atoms with E-state index in [-0.39, 0.29) is 11.5 Å². The molecular weight excluding hydrogens is 488 g/mol. The second kappa shape index (κ2) is 9.72. The van der Waals surface area contributed by atoms with E-state index in [9.17, 15) is 10.2 Å². The molecule has 4 aromatic carbocycles. The highest BCUT2D eigenvalue weighted by Crippen LogP contribution is 2.54. The van der Waals surface area contributed by atoms with Crippen molar-refractivity contribution in [1.82, 2.24) is 0 Å². The Morgan fingerprint density at radius 3 is 1.42 bits per heavy atom. The average molecular weight is 511 g/mol. The number of hydrogen-bond donors (Lipinski definition) is 2. The van der Waals surface area contributed by atoms with Crippen molar-refractivity contribution >= 4 is 35.7 Å². The van der Waals surface area contributed by atoms with Crippen LogP contribution >= 0.6 is 23.5 Å². The number of ether oxygens (including phenoxy) is 2. The molecule has 0 saturated carbocycles. The van der Waals surface area contributed by atoms with Gasteiger partial charge in [0.25, 0.3) is 0 Å². The largest absolute Gasteiger partial charge is 0.507 e. The van der Waals surface area contributed by atoms with Crippen molar-refractivity contribution in [3.8, 4) is 34.1 Å². The van der Waals surface area contributed by atoms with E-state index in [1.807, 2.05) is 85.0 Å². The lowest BCUT2D eigenvalue weighted by Gasteiger charge is -2.25. The minimum absolute atomic E-state index is 0.0715. The van der Waals surface area contributed by atoms with Crippen LogP contribution in [0.4, 0.5) is 0 Å². The average Bonchev–Trinajstić information content (AvgIpc) is 2.91. The summed E-state index contributed by atoms with van der Waals surface area (Å²) >= 11 is 3.07. The number of aromatic hydroxyl groups is 2. The molecule has 2 aliphatic heterocycles. The first-order valence-electron chi connectivity index (χ1n) is 11.5. The van der Waals surface area contributed by atoms with Crippen molar-refractivity contribution in [2.45, 2.75) is 19.6 Å². The van der Waals surface area contributed by atoms with Gasteiger partial charge in [0.1, 0.15) is 36.2 Å². The number of rotatable bonds is 5. The molecule has 0 fully saturated rings. The van der Waals surface area contributed by atoms with Crippen LogP contribution in [0, 0.1) is 0 Å². The first kappa shape index (κ1) is 22.7. The number of benzene rings is 4. The molecule has 2 heterocycles. The van der Waals surface area contributed by atoms with E-state index in [1.54, 1.807) is 12.1 Å². The van der Waals surface area contributed by atoms with Gasteiger partial charge in [0.2, 0.25) is 0 Å². The van der Waals surface area contributed by atoms with Gasteiger partial charge >= 0.3 is 0 Å². The molecule has 0 unspecified atom stereocenters. The number of fused-ring (bicyclic) bond motifs is 2. The normalized spacial score (nSPS) is 13.4. The number of phenols is 2. The molecule has 4 aromatic rings. The zero-order valence-electron chi connectivity index (χ0n) is 19.2. The minimum Gasteiger partial charge on any atom is -0.507 e. The Morgan fingerprint density at radius 2 is 1.00 bits per heavy atom. The van der Waals surface area contributed by atoms with Crippen molar-refractivity contribution in [2.75, 3.05) is 13.2 Å². The molecule has 0 amide bonds. The highest BCUT2D eigenvalue weighted by molar-refractivity contribution is 7.99. The van der Waals surface area contributed by atoms with Gasteiger partial charge in [-0.2, -0.15) is 0 Å². The molecule has 0 atom stereocenters. The third-order valence-electron chi connectivity index (χ3n) is 5.93. The number of hydrogen-bond acceptors (Lipinski definition) is 6. The van der Waals surface area contributed by atoms with Gasteiger partial charge in [-0.05, 0) is 48.6 Å². The Morgan fingerprint density at radius 1 is 0.583 bits per heavy atom. The maximum atomic E-state index is 11.3. The maximum Gasteiger partial charge on any atom is 0.141 e. The first-order valence-corrected chi connectivity index (χ1v) is 13.2. The first-order chi connectivity index (χ1) is 17.7. The Labute approximate surface area is 217 Å². The maximum absolute atomic E-state index is 11.3. The molecule has 0 saturated heterocycles. The topological polar surface area (TPSA) is 58.9 Å². The van der Waals surface area contributed by atoms with E-state index >= 15 is 0 Å². The predicted molar refractivity (Wildman–Crippen MR) is 145 cm³/mol. The van der Waals surface area contributed by atoms with E-state index in [2.05, 4.69) is 0 Å². The number of phenolic OH excluding ortho intramolecular Hbond substituents is 2. The van der Waals surface area contributed by atoms with Gasteiger partial charge in [0.05, 0.1) is 9.79 Å². The lowest BCUT2D eigenvalue weighted by atomic mass is 9.91. The molecule has 0 aliphatic carbocycles. The smallest absolute Gasteiger partial charge is 0.141 e. The zero-order chi connectivity index (χ0) is 24.5. The van der Waals surface area contributed by atoms with Crippen LogP contribution in [-0.2, 0) is 0 Å². The minimum atomic E-state index is 0.0715. The van der Waals surface area contributed by atoms with Crippen molar-refractivity contribution in [3.63, 3.8) is 0 Å². The molecule has 2 aliphatic rings. The molecule has 6 heteroatoms. The molecule has 178 valence electrons. The Kier molecular flexibility index (Phi) is 6.13. The van der Waals surface area contributed by atoms with Crippen molar-refractivity contribution in [2.24, 2.45) is 0 Å². The van der Waals surface area contributed by atoms with Crippen LogP contribution in [0.3, 0.4) is 0 Å². The Balaban J connectivity index is 1.52. The van der Waals surface area contributed by atoms with Crippen LogP contribution in [0.5, 0.6) is 23.0 Å². The summed E-state index contributed by atoms with van der Waals surface area (Å²) in [6, 6.07) is 23.4. The summed E-state index contributed by atoms with van der Waals surface area (Å²) in [7, 11) is 0. The Hall–Kier alpha value is -3.74. The zero-order valence-corrected chi connectivity index (χ0v) is 20.8. The van der Waals surface area contributed by atoms with Crippen molar-refractivity contribution in [3.05, 3.63) is 96.1 Å². The van der Waals surface area contributed by atoms with E-state index < -0.39 is 0 Å². The summed E-state index contributed by atoms with van der Waals surface area (Å²) in [5, 5.41) is 22.7. The van der Waals surface area contributed by atoms with Gasteiger partial charge in [-0.1, -0.05) is 72.1 Å². The quantitative estimate of drug-likeness (QED) is 0.285. The molecule has 0 radical (unpaired) electrons. The van der Waals surface area contributed by atoms with Crippen molar-refractivity contribution in [1.29, 1.82) is 0 Å². The van der Waals surface area contributed by atoms with Gasteiger partial charge in [0.15, 0.2) is 0 Å². The van der Waals surface area contributed by atoms with Crippen LogP contribution in [0.1, 0.15) is 11.1 Å². The third kappa shape index (κ3) is 4.23. The highest BCUT2D eigenvalue weighted by Gasteiger charge is 2.28. The summed E-state index contributed by atoms with van der Waals surface area (Å²) in [5.74, 6) is 1.52. The summed E-state index contributed by atoms with van der Waals surface area (Å²) in [5.41, 5.74) is 2.52. The Bertz CT molecular complexity index is 1380. The highest BCUT2D eigenvalue weighted by atomic mass is 32.2. The van der Waals surface area contributed by atoms with Crippen LogP contribution in [0.15, 0.2) is 105 Å². The monoisotopic (exact) mass is 510 g/mol. The fourth-order valence-corrected chi connectivity index (χ4v) is 6.37. The second-order valence-corrected chi connectivity index (χ2v) is 10.5. The van der Waals surface area contributed by atoms with Gasteiger partial charge < -0.3 is 19.7 Å². The molecule has 4 nitrogen and oxygen atoms in total. The van der Waals surface area contributed by atoms with Gasteiger partial charge in [-0.25, -0.2) is 0 Å². The standard InChI is InChI=1S/C30H22O4S2/c31-23-17-25(35-19-9-3-1-4-10-19)29-21(13-7-15-33-29)27(23)28-22-14-8-16-34-30(22)26(18-24(28)32)36-20-11-5-2-6-12-20/h1-14,17-18,31-32H,15-16H2. The lowest BCUT2D eigenvalue weighted by molar-refractivity contribution is 0.347. The van der Waals surface area contributed by atoms with Gasteiger partial charge in [-0.3, -0.25) is 0 Å². The summed E-state index contributed by atoms with van der Waals surface area (Å²) < 4.78 is 12.2.